The fraction of sp³-hybridized carbons (Fsp3) is 0.667. The highest BCUT2D eigenvalue weighted by Crippen LogP contribution is 2.32. The number of nitrogens with zero attached hydrogens (tertiary/aromatic N) is 1. The zero-order valence-electron chi connectivity index (χ0n) is 12.9. The van der Waals surface area contributed by atoms with Gasteiger partial charge in [0.1, 0.15) is 0 Å². The van der Waals surface area contributed by atoms with Gasteiger partial charge in [-0.15, -0.1) is 11.3 Å². The molecule has 1 fully saturated rings. The van der Waals surface area contributed by atoms with Crippen LogP contribution in [0.1, 0.15) is 29.9 Å². The van der Waals surface area contributed by atoms with Gasteiger partial charge in [-0.25, -0.2) is 0 Å². The summed E-state index contributed by atoms with van der Waals surface area (Å²) in [4.78, 5) is 15.5. The van der Waals surface area contributed by atoms with Gasteiger partial charge in [0.25, 0.3) is 5.91 Å². The van der Waals surface area contributed by atoms with Crippen LogP contribution in [-0.4, -0.2) is 49.7 Å². The maximum absolute atomic E-state index is 12.3. The number of hydrogen-bond acceptors (Lipinski definition) is 4. The molecule has 1 aromatic rings. The predicted octanol–water partition coefficient (Wildman–Crippen LogP) is 3.75. The summed E-state index contributed by atoms with van der Waals surface area (Å²) in [6.07, 6.45) is 1.08. The second kappa shape index (κ2) is 8.78. The normalized spacial score (nSPS) is 17.7. The second-order valence-electron chi connectivity index (χ2n) is 5.87. The fourth-order valence-corrected chi connectivity index (χ4v) is 4.56. The highest BCUT2D eigenvalue weighted by Gasteiger charge is 2.23. The number of carbonyl (C=O) groups is 1. The Hall–Kier alpha value is 0.0500. The number of hydrogen-bond donors (Lipinski definition) is 1. The molecule has 0 aliphatic carbocycles. The van der Waals surface area contributed by atoms with Crippen molar-refractivity contribution in [3.63, 3.8) is 0 Å². The molecule has 7 heteroatoms. The minimum atomic E-state index is -0.00147. The lowest BCUT2D eigenvalue weighted by Crippen LogP contribution is -2.49. The molecular weight excluding hydrogens is 432 g/mol. The Morgan fingerprint density at radius 2 is 2.09 bits per heavy atom. The minimum absolute atomic E-state index is 0.00147. The van der Waals surface area contributed by atoms with Crippen LogP contribution in [0.2, 0.25) is 0 Å². The standard InChI is InChI=1S/C15H22Br2N2O2S/c1-10(2)7-11(19-3-5-21-6-4-19)9-18-15(20)13-8-12(16)14(17)22-13/h8,10-11H,3-7,9H2,1-2H3,(H,18,20)/t11-/m1/s1. The molecule has 124 valence electrons. The lowest BCUT2D eigenvalue weighted by molar-refractivity contribution is 0.0125. The van der Waals surface area contributed by atoms with Crippen molar-refractivity contribution in [2.24, 2.45) is 5.92 Å². The summed E-state index contributed by atoms with van der Waals surface area (Å²) in [6.45, 7) is 8.60. The number of ether oxygens (including phenoxy) is 1. The molecule has 1 aliphatic rings. The average Bonchev–Trinajstić information content (AvgIpc) is 2.83. The van der Waals surface area contributed by atoms with Crippen LogP contribution >= 0.6 is 43.2 Å². The van der Waals surface area contributed by atoms with Crippen molar-refractivity contribution >= 4 is 49.1 Å². The summed E-state index contributed by atoms with van der Waals surface area (Å²) in [5.41, 5.74) is 0. The summed E-state index contributed by atoms with van der Waals surface area (Å²) in [5, 5.41) is 3.09. The molecule has 0 saturated carbocycles. The van der Waals surface area contributed by atoms with E-state index in [1.54, 1.807) is 0 Å². The van der Waals surface area contributed by atoms with Gasteiger partial charge in [-0.05, 0) is 50.3 Å². The van der Waals surface area contributed by atoms with E-state index in [0.29, 0.717) is 18.5 Å². The first kappa shape index (κ1) is 18.4. The van der Waals surface area contributed by atoms with Gasteiger partial charge in [0.2, 0.25) is 0 Å². The summed E-state index contributed by atoms with van der Waals surface area (Å²) >= 11 is 8.30. The topological polar surface area (TPSA) is 41.6 Å². The molecule has 0 aromatic carbocycles. The number of nitrogens with one attached hydrogen (secondary N) is 1. The third-order valence-corrected chi connectivity index (χ3v) is 6.93. The Kier molecular flexibility index (Phi) is 7.34. The summed E-state index contributed by atoms with van der Waals surface area (Å²) in [6, 6.07) is 2.23. The van der Waals surface area contributed by atoms with Crippen LogP contribution in [-0.2, 0) is 4.74 Å². The maximum Gasteiger partial charge on any atom is 0.261 e. The SMILES string of the molecule is CC(C)C[C@H](CNC(=O)c1cc(Br)c(Br)s1)N1CCOCC1. The predicted molar refractivity (Wildman–Crippen MR) is 97.7 cm³/mol. The fourth-order valence-electron chi connectivity index (χ4n) is 2.60. The van der Waals surface area contributed by atoms with Gasteiger partial charge in [-0.1, -0.05) is 13.8 Å². The summed E-state index contributed by atoms with van der Waals surface area (Å²) in [7, 11) is 0. The van der Waals surface area contributed by atoms with Gasteiger partial charge in [0.15, 0.2) is 0 Å². The lowest BCUT2D eigenvalue weighted by Gasteiger charge is -2.35. The molecule has 2 heterocycles. The Balaban J connectivity index is 1.93. The van der Waals surface area contributed by atoms with Crippen LogP contribution in [0.3, 0.4) is 0 Å². The van der Waals surface area contributed by atoms with E-state index in [4.69, 9.17) is 4.74 Å². The van der Waals surface area contributed by atoms with E-state index in [0.717, 1.165) is 45.9 Å². The van der Waals surface area contributed by atoms with Gasteiger partial charge < -0.3 is 10.1 Å². The Morgan fingerprint density at radius 1 is 1.41 bits per heavy atom. The van der Waals surface area contributed by atoms with Gasteiger partial charge in [0.05, 0.1) is 21.9 Å². The van der Waals surface area contributed by atoms with E-state index in [9.17, 15) is 4.79 Å². The van der Waals surface area contributed by atoms with E-state index in [1.807, 2.05) is 6.07 Å². The van der Waals surface area contributed by atoms with Crippen molar-refractivity contribution in [1.29, 1.82) is 0 Å². The Bertz CT molecular complexity index is 482. The number of halogens is 2. The van der Waals surface area contributed by atoms with E-state index >= 15 is 0 Å². The zero-order valence-corrected chi connectivity index (χ0v) is 16.9. The van der Waals surface area contributed by atoms with Crippen molar-refractivity contribution in [1.82, 2.24) is 10.2 Å². The molecule has 4 nitrogen and oxygen atoms in total. The minimum Gasteiger partial charge on any atom is -0.379 e. The first-order chi connectivity index (χ1) is 10.5. The van der Waals surface area contributed by atoms with Gasteiger partial charge >= 0.3 is 0 Å². The molecule has 1 aromatic heterocycles. The van der Waals surface area contributed by atoms with Gasteiger partial charge in [-0.3, -0.25) is 9.69 Å². The van der Waals surface area contributed by atoms with Crippen LogP contribution in [0.15, 0.2) is 14.3 Å². The second-order valence-corrected chi connectivity index (χ2v) is 9.10. The van der Waals surface area contributed by atoms with Crippen LogP contribution in [0.25, 0.3) is 0 Å². The average molecular weight is 454 g/mol. The molecule has 0 spiro atoms. The van der Waals surface area contributed by atoms with Gasteiger partial charge in [-0.2, -0.15) is 0 Å². The van der Waals surface area contributed by atoms with E-state index in [2.05, 4.69) is 55.9 Å². The first-order valence-electron chi connectivity index (χ1n) is 7.52. The van der Waals surface area contributed by atoms with Crippen LogP contribution in [0.4, 0.5) is 0 Å². The van der Waals surface area contributed by atoms with Crippen LogP contribution in [0, 0.1) is 5.92 Å². The molecule has 1 saturated heterocycles. The summed E-state index contributed by atoms with van der Waals surface area (Å²) in [5.74, 6) is 0.605. The largest absolute Gasteiger partial charge is 0.379 e. The van der Waals surface area contributed by atoms with Gasteiger partial charge in [0, 0.05) is 30.1 Å². The first-order valence-corrected chi connectivity index (χ1v) is 9.92. The number of rotatable bonds is 6. The van der Waals surface area contributed by atoms with Crippen LogP contribution in [0.5, 0.6) is 0 Å². The van der Waals surface area contributed by atoms with E-state index < -0.39 is 0 Å². The van der Waals surface area contributed by atoms with Crippen LogP contribution < -0.4 is 5.32 Å². The van der Waals surface area contributed by atoms with Crippen molar-refractivity contribution in [3.8, 4) is 0 Å². The lowest BCUT2D eigenvalue weighted by atomic mass is 10.0. The molecule has 2 rings (SSSR count). The molecule has 22 heavy (non-hydrogen) atoms. The molecule has 1 aliphatic heterocycles. The molecule has 0 unspecified atom stereocenters. The van der Waals surface area contributed by atoms with Crippen molar-refractivity contribution < 1.29 is 9.53 Å². The smallest absolute Gasteiger partial charge is 0.261 e. The highest BCUT2D eigenvalue weighted by molar-refractivity contribution is 9.13. The zero-order chi connectivity index (χ0) is 16.1. The quantitative estimate of drug-likeness (QED) is 0.713. The summed E-state index contributed by atoms with van der Waals surface area (Å²) < 4.78 is 7.30. The molecule has 1 atom stereocenters. The number of morpholine rings is 1. The number of thiophene rings is 1. The third-order valence-electron chi connectivity index (χ3n) is 3.67. The maximum atomic E-state index is 12.3. The third kappa shape index (κ3) is 5.30. The number of amides is 1. The molecule has 0 bridgehead atoms. The van der Waals surface area contributed by atoms with Crippen molar-refractivity contribution in [3.05, 3.63) is 19.2 Å². The Labute approximate surface area is 152 Å². The van der Waals surface area contributed by atoms with E-state index in [1.165, 1.54) is 11.3 Å². The number of carbonyl (C=O) groups excluding carboxylic acids is 1. The molecular formula is C15H22Br2N2O2S. The van der Waals surface area contributed by atoms with E-state index in [-0.39, 0.29) is 5.91 Å². The highest BCUT2D eigenvalue weighted by atomic mass is 79.9. The molecule has 1 N–H and O–H groups in total. The molecule has 0 radical (unpaired) electrons. The molecule has 1 amide bonds. The van der Waals surface area contributed by atoms with Crippen molar-refractivity contribution in [2.75, 3.05) is 32.8 Å². The van der Waals surface area contributed by atoms with Crippen molar-refractivity contribution in [2.45, 2.75) is 26.3 Å². The Morgan fingerprint density at radius 3 is 2.64 bits per heavy atom. The monoisotopic (exact) mass is 452 g/mol.